The second-order valence-electron chi connectivity index (χ2n) is 6.23. The number of carbonyl (C=O) groups is 1. The van der Waals surface area contributed by atoms with Crippen LogP contribution in [-0.2, 0) is 16.6 Å². The van der Waals surface area contributed by atoms with Gasteiger partial charge in [0.05, 0.1) is 17.3 Å². The number of halogens is 1. The van der Waals surface area contributed by atoms with E-state index in [9.17, 15) is 17.6 Å². The van der Waals surface area contributed by atoms with Gasteiger partial charge in [-0.05, 0) is 42.8 Å². The summed E-state index contributed by atoms with van der Waals surface area (Å²) < 4.78 is 38.5. The minimum absolute atomic E-state index is 0.210. The number of sulfonamides is 1. The molecule has 2 aromatic carbocycles. The van der Waals surface area contributed by atoms with Crippen molar-refractivity contribution in [3.63, 3.8) is 0 Å². The molecular formula is C19H18FN3O3S. The molecule has 1 aromatic heterocycles. The molecule has 0 saturated carbocycles. The Hall–Kier alpha value is -3.00. The highest BCUT2D eigenvalue weighted by atomic mass is 32.2. The first-order valence-corrected chi connectivity index (χ1v) is 10.0. The number of fused-ring (bicyclic) bond motifs is 1. The normalized spacial score (nSPS) is 11.4. The molecule has 0 unspecified atom stereocenters. The summed E-state index contributed by atoms with van der Waals surface area (Å²) in [5, 5.41) is 3.36. The molecule has 0 bridgehead atoms. The minimum Gasteiger partial charge on any atom is -0.348 e. The van der Waals surface area contributed by atoms with Crippen LogP contribution in [0.3, 0.4) is 0 Å². The smallest absolute Gasteiger partial charge is 0.252 e. The SMILES string of the molecule is Cc1cc(C(=O)NCc2cccc(NS(C)(=O)=O)c2)c2ccc(F)cc2n1. The molecule has 3 aromatic rings. The van der Waals surface area contributed by atoms with Gasteiger partial charge >= 0.3 is 0 Å². The summed E-state index contributed by atoms with van der Waals surface area (Å²) in [6, 6.07) is 12.5. The fourth-order valence-electron chi connectivity index (χ4n) is 2.76. The molecule has 8 heteroatoms. The van der Waals surface area contributed by atoms with Gasteiger partial charge in [-0.2, -0.15) is 0 Å². The van der Waals surface area contributed by atoms with Crippen LogP contribution in [0.15, 0.2) is 48.5 Å². The summed E-state index contributed by atoms with van der Waals surface area (Å²) in [4.78, 5) is 16.9. The number of hydrogen-bond acceptors (Lipinski definition) is 4. The molecular weight excluding hydrogens is 369 g/mol. The van der Waals surface area contributed by atoms with Crippen molar-refractivity contribution >= 4 is 32.5 Å². The summed E-state index contributed by atoms with van der Waals surface area (Å²) in [5.41, 5.74) is 2.59. The number of aromatic nitrogens is 1. The number of rotatable bonds is 5. The molecule has 2 N–H and O–H groups in total. The van der Waals surface area contributed by atoms with Crippen LogP contribution in [0.4, 0.5) is 10.1 Å². The zero-order chi connectivity index (χ0) is 19.6. The highest BCUT2D eigenvalue weighted by Crippen LogP contribution is 2.20. The molecule has 1 amide bonds. The highest BCUT2D eigenvalue weighted by molar-refractivity contribution is 7.92. The quantitative estimate of drug-likeness (QED) is 0.704. The summed E-state index contributed by atoms with van der Waals surface area (Å²) in [7, 11) is -3.38. The summed E-state index contributed by atoms with van der Waals surface area (Å²) in [6.07, 6.45) is 1.07. The zero-order valence-corrected chi connectivity index (χ0v) is 15.6. The van der Waals surface area contributed by atoms with Crippen LogP contribution in [0.2, 0.25) is 0 Å². The fourth-order valence-corrected chi connectivity index (χ4v) is 3.31. The molecule has 0 atom stereocenters. The van der Waals surface area contributed by atoms with E-state index in [2.05, 4.69) is 15.0 Å². The monoisotopic (exact) mass is 387 g/mol. The third-order valence-corrected chi connectivity index (χ3v) is 4.43. The van der Waals surface area contributed by atoms with Crippen molar-refractivity contribution in [3.8, 4) is 0 Å². The third kappa shape index (κ3) is 4.79. The molecule has 0 aliphatic rings. The molecule has 6 nitrogen and oxygen atoms in total. The van der Waals surface area contributed by atoms with Crippen molar-refractivity contribution in [2.24, 2.45) is 0 Å². The molecule has 3 rings (SSSR count). The number of aryl methyl sites for hydroxylation is 1. The Morgan fingerprint density at radius 1 is 1.15 bits per heavy atom. The Balaban J connectivity index is 1.81. The molecule has 0 fully saturated rings. The molecule has 0 radical (unpaired) electrons. The molecule has 0 aliphatic heterocycles. The summed E-state index contributed by atoms with van der Waals surface area (Å²) in [6.45, 7) is 1.95. The van der Waals surface area contributed by atoms with E-state index in [1.54, 1.807) is 37.3 Å². The lowest BCUT2D eigenvalue weighted by atomic mass is 10.1. The number of pyridine rings is 1. The zero-order valence-electron chi connectivity index (χ0n) is 14.8. The fraction of sp³-hybridized carbons (Fsp3) is 0.158. The summed E-state index contributed by atoms with van der Waals surface area (Å²) >= 11 is 0. The van der Waals surface area contributed by atoms with Crippen LogP contribution in [0.1, 0.15) is 21.6 Å². The number of amides is 1. The minimum atomic E-state index is -3.38. The molecule has 1 heterocycles. The predicted octanol–water partition coefficient (Wildman–Crippen LogP) is 2.98. The van der Waals surface area contributed by atoms with Crippen molar-refractivity contribution in [2.45, 2.75) is 13.5 Å². The van der Waals surface area contributed by atoms with Gasteiger partial charge in [-0.25, -0.2) is 12.8 Å². The van der Waals surface area contributed by atoms with Gasteiger partial charge in [0.15, 0.2) is 0 Å². The number of benzene rings is 2. The van der Waals surface area contributed by atoms with E-state index in [-0.39, 0.29) is 12.5 Å². The van der Waals surface area contributed by atoms with Gasteiger partial charge in [0.1, 0.15) is 5.82 Å². The summed E-state index contributed by atoms with van der Waals surface area (Å²) in [5.74, 6) is -0.735. The van der Waals surface area contributed by atoms with E-state index < -0.39 is 15.8 Å². The Labute approximate surface area is 156 Å². The predicted molar refractivity (Wildman–Crippen MR) is 103 cm³/mol. The van der Waals surface area contributed by atoms with Crippen LogP contribution in [0.25, 0.3) is 10.9 Å². The standard InChI is InChI=1S/C19H18FN3O3S/c1-12-8-17(16-7-6-14(20)10-18(16)22-12)19(24)21-11-13-4-3-5-15(9-13)23-27(2,25)26/h3-10,23H,11H2,1-2H3,(H,21,24). The van der Waals surface area contributed by atoms with Gasteiger partial charge in [0.25, 0.3) is 5.91 Å². The van der Waals surface area contributed by atoms with Gasteiger partial charge in [0.2, 0.25) is 10.0 Å². The number of nitrogens with zero attached hydrogens (tertiary/aromatic N) is 1. The first kappa shape index (κ1) is 18.8. The van der Waals surface area contributed by atoms with Crippen LogP contribution < -0.4 is 10.0 Å². The van der Waals surface area contributed by atoms with E-state index in [0.717, 1.165) is 11.8 Å². The molecule has 0 spiro atoms. The van der Waals surface area contributed by atoms with E-state index in [1.807, 2.05) is 0 Å². The third-order valence-electron chi connectivity index (χ3n) is 3.83. The van der Waals surface area contributed by atoms with Gasteiger partial charge in [-0.3, -0.25) is 14.5 Å². The van der Waals surface area contributed by atoms with Crippen molar-refractivity contribution in [1.29, 1.82) is 0 Å². The topological polar surface area (TPSA) is 88.2 Å². The van der Waals surface area contributed by atoms with Crippen molar-refractivity contribution in [1.82, 2.24) is 10.3 Å². The van der Waals surface area contributed by atoms with Crippen LogP contribution in [-0.4, -0.2) is 25.6 Å². The van der Waals surface area contributed by atoms with E-state index in [1.165, 1.54) is 18.2 Å². The maximum Gasteiger partial charge on any atom is 0.252 e. The molecule has 27 heavy (non-hydrogen) atoms. The average Bonchev–Trinajstić information content (AvgIpc) is 2.57. The number of anilines is 1. The highest BCUT2D eigenvalue weighted by Gasteiger charge is 2.13. The maximum atomic E-state index is 13.4. The van der Waals surface area contributed by atoms with E-state index in [0.29, 0.717) is 27.8 Å². The largest absolute Gasteiger partial charge is 0.348 e. The van der Waals surface area contributed by atoms with Gasteiger partial charge < -0.3 is 5.32 Å². The van der Waals surface area contributed by atoms with Crippen molar-refractivity contribution in [3.05, 3.63) is 71.2 Å². The number of hydrogen-bond donors (Lipinski definition) is 2. The van der Waals surface area contributed by atoms with Crippen LogP contribution in [0, 0.1) is 12.7 Å². The Morgan fingerprint density at radius 2 is 1.93 bits per heavy atom. The van der Waals surface area contributed by atoms with Crippen LogP contribution >= 0.6 is 0 Å². The van der Waals surface area contributed by atoms with E-state index in [4.69, 9.17) is 0 Å². The van der Waals surface area contributed by atoms with Gasteiger partial charge in [-0.15, -0.1) is 0 Å². The van der Waals surface area contributed by atoms with Crippen molar-refractivity contribution < 1.29 is 17.6 Å². The number of nitrogens with one attached hydrogen (secondary N) is 2. The molecule has 0 saturated heterocycles. The second-order valence-corrected chi connectivity index (χ2v) is 7.98. The van der Waals surface area contributed by atoms with Gasteiger partial charge in [-0.1, -0.05) is 12.1 Å². The second kappa shape index (κ2) is 7.32. The van der Waals surface area contributed by atoms with Crippen molar-refractivity contribution in [2.75, 3.05) is 11.0 Å². The average molecular weight is 387 g/mol. The lowest BCUT2D eigenvalue weighted by Crippen LogP contribution is -2.23. The lowest BCUT2D eigenvalue weighted by Gasteiger charge is -2.10. The molecule has 0 aliphatic carbocycles. The Morgan fingerprint density at radius 3 is 2.67 bits per heavy atom. The molecule has 140 valence electrons. The first-order chi connectivity index (χ1) is 12.7. The number of carbonyl (C=O) groups excluding carboxylic acids is 1. The lowest BCUT2D eigenvalue weighted by molar-refractivity contribution is 0.0952. The Kier molecular flexibility index (Phi) is 5.09. The van der Waals surface area contributed by atoms with Gasteiger partial charge in [0, 0.05) is 29.4 Å². The van der Waals surface area contributed by atoms with Crippen LogP contribution in [0.5, 0.6) is 0 Å². The first-order valence-electron chi connectivity index (χ1n) is 8.13. The van der Waals surface area contributed by atoms with E-state index >= 15 is 0 Å². The Bertz CT molecular complexity index is 1120. The maximum absolute atomic E-state index is 13.4.